The van der Waals surface area contributed by atoms with E-state index in [-0.39, 0.29) is 19.3 Å². The lowest BCUT2D eigenvalue weighted by Crippen LogP contribution is -2.72. The highest BCUT2D eigenvalue weighted by atomic mass is 16.7. The van der Waals surface area contributed by atoms with Crippen LogP contribution in [0.2, 0.25) is 0 Å². The van der Waals surface area contributed by atoms with Gasteiger partial charge in [-0.25, -0.2) is 4.79 Å². The van der Waals surface area contributed by atoms with Gasteiger partial charge in [0.2, 0.25) is 0 Å². The molecule has 2 heterocycles. The molecule has 0 amide bonds. The fourth-order valence-corrected chi connectivity index (χ4v) is 7.16. The van der Waals surface area contributed by atoms with Crippen LogP contribution < -0.4 is 0 Å². The summed E-state index contributed by atoms with van der Waals surface area (Å²) in [5.41, 5.74) is -5.58. The molecule has 3 fully saturated rings. The Morgan fingerprint density at radius 1 is 1.08 bits per heavy atom. The largest absolute Gasteiger partial charge is 0.462 e. The Morgan fingerprint density at radius 3 is 2.28 bits per heavy atom. The molecule has 2 saturated heterocycles. The Kier molecular flexibility index (Phi) is 7.45. The normalized spacial score (nSPS) is 46.3. The van der Waals surface area contributed by atoms with Crippen LogP contribution in [-0.4, -0.2) is 81.4 Å². The third-order valence-corrected chi connectivity index (χ3v) is 9.21. The predicted octanol–water partition coefficient (Wildman–Crippen LogP) is 1.89. The highest BCUT2D eigenvalue weighted by Gasteiger charge is 2.88. The van der Waals surface area contributed by atoms with Crippen LogP contribution in [0.1, 0.15) is 80.6 Å². The third kappa shape index (κ3) is 4.46. The number of aliphatic hydroxyl groups excluding tert-OH is 1. The molecular formula is C28H40O11. The molecule has 10 atom stereocenters. The molecule has 0 aromatic carbocycles. The summed E-state index contributed by atoms with van der Waals surface area (Å²) >= 11 is 0. The van der Waals surface area contributed by atoms with Crippen molar-refractivity contribution in [1.29, 1.82) is 0 Å². The molecule has 1 spiro atoms. The van der Waals surface area contributed by atoms with Crippen LogP contribution in [-0.2, 0) is 42.9 Å². The van der Waals surface area contributed by atoms with Crippen molar-refractivity contribution >= 4 is 23.9 Å². The van der Waals surface area contributed by atoms with Crippen LogP contribution in [0.15, 0.2) is 11.6 Å². The van der Waals surface area contributed by atoms with Crippen molar-refractivity contribution in [2.45, 2.75) is 128 Å². The Hall–Kier alpha value is -2.50. The second kappa shape index (κ2) is 9.85. The van der Waals surface area contributed by atoms with Crippen LogP contribution in [0.25, 0.3) is 0 Å². The maximum atomic E-state index is 13.0. The van der Waals surface area contributed by atoms with Gasteiger partial charge in [0.15, 0.2) is 17.3 Å². The zero-order chi connectivity index (χ0) is 29.1. The molecule has 2 N–H and O–H groups in total. The summed E-state index contributed by atoms with van der Waals surface area (Å²) < 4.78 is 29.6. The van der Waals surface area contributed by atoms with Crippen molar-refractivity contribution in [2.24, 2.45) is 11.3 Å². The first-order valence-electron chi connectivity index (χ1n) is 13.6. The van der Waals surface area contributed by atoms with Gasteiger partial charge in [0.25, 0.3) is 0 Å². The molecule has 1 saturated carbocycles. The van der Waals surface area contributed by atoms with Crippen LogP contribution in [0, 0.1) is 11.3 Å². The SMILES string of the molecule is CCCC(=O)O[C@H]1CC/C(C)=C\[C@@H]2OC(=O)[C@]3(C)O[C@]23[C@H](OC(C)=O)[C@H]2[C@@](C)(O)[C@H](O)C[C@@H](OC(C)=O)[C@]12C. The highest BCUT2D eigenvalue weighted by molar-refractivity contribution is 5.89. The van der Waals surface area contributed by atoms with Crippen molar-refractivity contribution < 1.29 is 53.1 Å². The van der Waals surface area contributed by atoms with Gasteiger partial charge in [-0.1, -0.05) is 19.4 Å². The first-order valence-corrected chi connectivity index (χ1v) is 13.6. The van der Waals surface area contributed by atoms with E-state index in [0.717, 1.165) is 5.57 Å². The molecule has 218 valence electrons. The minimum atomic E-state index is -1.96. The Morgan fingerprint density at radius 2 is 1.72 bits per heavy atom. The summed E-state index contributed by atoms with van der Waals surface area (Å²) in [4.78, 5) is 50.8. The highest BCUT2D eigenvalue weighted by Crippen LogP contribution is 2.66. The summed E-state index contributed by atoms with van der Waals surface area (Å²) in [5, 5.41) is 23.2. The van der Waals surface area contributed by atoms with Gasteiger partial charge in [0, 0.05) is 32.6 Å². The zero-order valence-corrected chi connectivity index (χ0v) is 23.6. The van der Waals surface area contributed by atoms with E-state index in [1.54, 1.807) is 13.0 Å². The van der Waals surface area contributed by atoms with Crippen molar-refractivity contribution in [2.75, 3.05) is 0 Å². The lowest BCUT2D eigenvalue weighted by atomic mass is 9.51. The second-order valence-corrected chi connectivity index (χ2v) is 12.0. The molecule has 0 radical (unpaired) electrons. The summed E-state index contributed by atoms with van der Waals surface area (Å²) in [6, 6.07) is 0. The summed E-state index contributed by atoms with van der Waals surface area (Å²) in [6.07, 6.45) is -2.77. The Bertz CT molecular complexity index is 1080. The zero-order valence-electron chi connectivity index (χ0n) is 23.6. The maximum Gasteiger partial charge on any atom is 0.342 e. The van der Waals surface area contributed by atoms with Crippen molar-refractivity contribution in [1.82, 2.24) is 0 Å². The van der Waals surface area contributed by atoms with Crippen LogP contribution in [0.3, 0.4) is 0 Å². The molecule has 4 aliphatic rings. The number of ether oxygens (including phenoxy) is 5. The number of carbonyl (C=O) groups excluding carboxylic acids is 4. The molecule has 0 bridgehead atoms. The smallest absolute Gasteiger partial charge is 0.342 e. The van der Waals surface area contributed by atoms with Crippen molar-refractivity contribution in [3.63, 3.8) is 0 Å². The van der Waals surface area contributed by atoms with Crippen LogP contribution >= 0.6 is 0 Å². The predicted molar refractivity (Wildman–Crippen MR) is 134 cm³/mol. The number of carbonyl (C=O) groups is 4. The molecule has 0 aromatic rings. The fraction of sp³-hybridized carbons (Fsp3) is 0.786. The van der Waals surface area contributed by atoms with Gasteiger partial charge in [-0.3, -0.25) is 14.4 Å². The fourth-order valence-electron chi connectivity index (χ4n) is 7.16. The van der Waals surface area contributed by atoms with Gasteiger partial charge < -0.3 is 33.9 Å². The van der Waals surface area contributed by atoms with E-state index in [4.69, 9.17) is 23.7 Å². The molecular weight excluding hydrogens is 512 g/mol. The lowest BCUT2D eigenvalue weighted by Gasteiger charge is -2.59. The van der Waals surface area contributed by atoms with Gasteiger partial charge in [-0.2, -0.15) is 0 Å². The van der Waals surface area contributed by atoms with E-state index in [0.29, 0.717) is 12.8 Å². The molecule has 11 nitrogen and oxygen atoms in total. The number of rotatable bonds is 5. The quantitative estimate of drug-likeness (QED) is 0.222. The van der Waals surface area contributed by atoms with E-state index in [1.165, 1.54) is 27.7 Å². The third-order valence-electron chi connectivity index (χ3n) is 9.21. The molecule has 11 heteroatoms. The molecule has 0 aromatic heterocycles. The second-order valence-electron chi connectivity index (χ2n) is 12.0. The van der Waals surface area contributed by atoms with E-state index in [9.17, 15) is 29.4 Å². The average molecular weight is 553 g/mol. The number of esters is 4. The number of fused-ring (bicyclic) bond motifs is 1. The number of aliphatic hydroxyl groups is 2. The standard InChI is InChI=1S/C28H40O11/c1-8-9-21(32)37-18-11-10-14(2)12-20-28(27(7,39-28)24(33)38-20)23(36-16(4)30)22-25(18,5)19(35-15(3)29)13-17(31)26(22,6)34/h12,17-20,22-23,31,34H,8-11,13H2,1-7H3/b14-12-/t17-,18+,19-,20+,22-,23-,25+,26+,27+,28+/m1/s1. The van der Waals surface area contributed by atoms with Crippen molar-refractivity contribution in [3.8, 4) is 0 Å². The lowest BCUT2D eigenvalue weighted by molar-refractivity contribution is -0.274. The number of hydrogen-bond donors (Lipinski definition) is 2. The topological polar surface area (TPSA) is 158 Å². The van der Waals surface area contributed by atoms with Gasteiger partial charge >= 0.3 is 23.9 Å². The molecule has 4 rings (SSSR count). The maximum absolute atomic E-state index is 13.0. The molecule has 39 heavy (non-hydrogen) atoms. The summed E-state index contributed by atoms with van der Waals surface area (Å²) in [5.74, 6) is -3.70. The average Bonchev–Trinajstić information content (AvgIpc) is 3.40. The first kappa shape index (κ1) is 29.5. The van der Waals surface area contributed by atoms with Gasteiger partial charge in [-0.05, 0) is 46.1 Å². The van der Waals surface area contributed by atoms with Crippen molar-refractivity contribution in [3.05, 3.63) is 11.6 Å². The summed E-state index contributed by atoms with van der Waals surface area (Å²) in [6.45, 7) is 10.7. The monoisotopic (exact) mass is 552 g/mol. The van der Waals surface area contributed by atoms with E-state index < -0.39 is 82.5 Å². The number of allylic oxidation sites excluding steroid dienone is 1. The first-order chi connectivity index (χ1) is 18.0. The molecule has 2 aliphatic carbocycles. The Balaban J connectivity index is 2.01. The van der Waals surface area contributed by atoms with Crippen LogP contribution in [0.4, 0.5) is 0 Å². The van der Waals surface area contributed by atoms with E-state index in [2.05, 4.69) is 0 Å². The minimum Gasteiger partial charge on any atom is -0.462 e. The van der Waals surface area contributed by atoms with Crippen LogP contribution in [0.5, 0.6) is 0 Å². The number of hydrogen-bond acceptors (Lipinski definition) is 11. The summed E-state index contributed by atoms with van der Waals surface area (Å²) in [7, 11) is 0. The Labute approximate surface area is 228 Å². The van der Waals surface area contributed by atoms with Gasteiger partial charge in [0.1, 0.15) is 18.3 Å². The molecule has 0 unspecified atom stereocenters. The van der Waals surface area contributed by atoms with Gasteiger partial charge in [0.05, 0.1) is 17.1 Å². The van der Waals surface area contributed by atoms with E-state index in [1.807, 2.05) is 13.8 Å². The molecule has 2 aliphatic heterocycles. The number of epoxide rings is 1. The minimum absolute atomic E-state index is 0.145. The van der Waals surface area contributed by atoms with E-state index >= 15 is 0 Å². The van der Waals surface area contributed by atoms with Gasteiger partial charge in [-0.15, -0.1) is 0 Å².